The Kier molecular flexibility index (Phi) is 10.3. The summed E-state index contributed by atoms with van der Waals surface area (Å²) in [5.74, 6) is -1.44. The molecule has 4 rings (SSSR count). The maximum Gasteiger partial charge on any atom is 0.418 e. The van der Waals surface area contributed by atoms with E-state index in [-0.39, 0.29) is 6.42 Å². The molecule has 0 spiro atoms. The second-order valence-corrected chi connectivity index (χ2v) is 10.3. The lowest BCUT2D eigenvalue weighted by Gasteiger charge is -2.24. The number of hydrogen-bond donors (Lipinski definition) is 3. The van der Waals surface area contributed by atoms with Gasteiger partial charge in [-0.1, -0.05) is 6.07 Å². The summed E-state index contributed by atoms with van der Waals surface area (Å²) in [4.78, 5) is 34.8. The number of amides is 1. The van der Waals surface area contributed by atoms with Crippen LogP contribution in [-0.2, 0) is 28.5 Å². The normalized spacial score (nSPS) is 15.8. The van der Waals surface area contributed by atoms with Crippen molar-refractivity contribution < 1.29 is 32.6 Å². The van der Waals surface area contributed by atoms with Gasteiger partial charge in [-0.2, -0.15) is 13.2 Å². The van der Waals surface area contributed by atoms with Gasteiger partial charge in [0.2, 0.25) is 0 Å². The van der Waals surface area contributed by atoms with E-state index in [4.69, 9.17) is 9.72 Å². The third-order valence-corrected chi connectivity index (χ3v) is 7.10. The molecule has 40 heavy (non-hydrogen) atoms. The number of nitrogens with one attached hydrogen (secondary N) is 2. The highest BCUT2D eigenvalue weighted by atomic mass is 19.4. The molecule has 3 heterocycles. The van der Waals surface area contributed by atoms with E-state index in [1.165, 1.54) is 5.56 Å². The van der Waals surface area contributed by atoms with E-state index in [0.29, 0.717) is 38.5 Å². The Labute approximate surface area is 231 Å². The number of unbranched alkanes of at least 4 members (excludes halogenated alkanes) is 1. The fourth-order valence-corrected chi connectivity index (χ4v) is 4.69. The summed E-state index contributed by atoms with van der Waals surface area (Å²) in [6.07, 6.45) is 3.98. The molecule has 1 unspecified atom stereocenters. The average Bonchev–Trinajstić information content (AvgIpc) is 3.76. The number of aryl methyl sites for hydroxylation is 2. The van der Waals surface area contributed by atoms with Crippen LogP contribution in [0.5, 0.6) is 0 Å². The number of aromatic nitrogens is 2. The standard InChI is InChI=1S/C28H36F3N5O4/c29-28(30,31)23-18-32-13-10-22(23)26(37)35-24(27(38)39)11-15-36(16-17-40-21-8-9-21)14-2-1-5-20-7-6-19-4-3-12-33-25(19)34-20/h6-7,10,13,18,21,24H,1-5,8-9,11-12,14-17H2,(H,33,34)(H,35,37)(H,38,39). The van der Waals surface area contributed by atoms with Crippen LogP contribution in [-0.4, -0.2) is 76.8 Å². The number of carbonyl (C=O) groups excluding carboxylic acids is 1. The summed E-state index contributed by atoms with van der Waals surface area (Å²) < 4.78 is 45.7. The molecule has 1 aliphatic heterocycles. The molecule has 2 aromatic heterocycles. The highest BCUT2D eigenvalue weighted by molar-refractivity contribution is 5.97. The summed E-state index contributed by atoms with van der Waals surface area (Å²) in [6, 6.07) is 3.79. The van der Waals surface area contributed by atoms with Crippen LogP contribution in [0.15, 0.2) is 30.6 Å². The number of carboxylic acid groups (broad SMARTS) is 1. The summed E-state index contributed by atoms with van der Waals surface area (Å²) in [6.45, 7) is 3.08. The van der Waals surface area contributed by atoms with Crippen LogP contribution >= 0.6 is 0 Å². The van der Waals surface area contributed by atoms with Crippen LogP contribution in [0, 0.1) is 0 Å². The average molecular weight is 564 g/mol. The predicted octanol–water partition coefficient (Wildman–Crippen LogP) is 3.93. The van der Waals surface area contributed by atoms with Crippen LogP contribution < -0.4 is 10.6 Å². The minimum absolute atomic E-state index is 0.0367. The smallest absolute Gasteiger partial charge is 0.418 e. The lowest BCUT2D eigenvalue weighted by molar-refractivity contribution is -0.139. The number of nitrogens with zero attached hydrogens (tertiary/aromatic N) is 3. The fourth-order valence-electron chi connectivity index (χ4n) is 4.69. The number of carbonyl (C=O) groups is 2. The molecule has 0 aromatic carbocycles. The first-order chi connectivity index (χ1) is 19.2. The molecule has 12 heteroatoms. The number of anilines is 1. The molecule has 1 saturated carbocycles. The van der Waals surface area contributed by atoms with Crippen molar-refractivity contribution in [3.05, 3.63) is 53.0 Å². The summed E-state index contributed by atoms with van der Waals surface area (Å²) >= 11 is 0. The van der Waals surface area contributed by atoms with Gasteiger partial charge in [-0.3, -0.25) is 9.78 Å². The summed E-state index contributed by atoms with van der Waals surface area (Å²) in [5.41, 5.74) is 0.407. The number of fused-ring (bicyclic) bond motifs is 1. The molecule has 2 aliphatic rings. The molecule has 218 valence electrons. The van der Waals surface area contributed by atoms with E-state index >= 15 is 0 Å². The van der Waals surface area contributed by atoms with Crippen LogP contribution in [0.2, 0.25) is 0 Å². The minimum atomic E-state index is -4.79. The summed E-state index contributed by atoms with van der Waals surface area (Å²) in [5, 5.41) is 15.3. The first-order valence-corrected chi connectivity index (χ1v) is 13.8. The molecule has 0 radical (unpaired) electrons. The Morgan fingerprint density at radius 1 is 1.18 bits per heavy atom. The summed E-state index contributed by atoms with van der Waals surface area (Å²) in [7, 11) is 0. The number of hydrogen-bond acceptors (Lipinski definition) is 7. The number of carboxylic acids is 1. The zero-order chi connectivity index (χ0) is 28.5. The van der Waals surface area contributed by atoms with Crippen LogP contribution in [0.1, 0.15) is 65.7 Å². The van der Waals surface area contributed by atoms with Gasteiger partial charge in [-0.15, -0.1) is 0 Å². The molecule has 9 nitrogen and oxygen atoms in total. The van der Waals surface area contributed by atoms with Gasteiger partial charge in [0, 0.05) is 37.7 Å². The van der Waals surface area contributed by atoms with Gasteiger partial charge in [0.1, 0.15) is 11.9 Å². The van der Waals surface area contributed by atoms with E-state index in [1.807, 2.05) is 0 Å². The van der Waals surface area contributed by atoms with Crippen molar-refractivity contribution in [1.29, 1.82) is 0 Å². The first kappa shape index (κ1) is 29.7. The van der Waals surface area contributed by atoms with Gasteiger partial charge in [0.05, 0.1) is 23.8 Å². The SMILES string of the molecule is O=C(NC(CCN(CCCCc1ccc2c(n1)NCCC2)CCOC1CC1)C(=O)O)c1ccncc1C(F)(F)F. The molecule has 1 amide bonds. The quantitative estimate of drug-likeness (QED) is 0.279. The van der Waals surface area contributed by atoms with E-state index in [2.05, 4.69) is 32.7 Å². The molecule has 3 N–H and O–H groups in total. The molecule has 2 aromatic rings. The van der Waals surface area contributed by atoms with Gasteiger partial charge < -0.3 is 25.4 Å². The van der Waals surface area contributed by atoms with E-state index in [0.717, 1.165) is 75.3 Å². The number of rotatable bonds is 15. The van der Waals surface area contributed by atoms with Gasteiger partial charge in [-0.05, 0) is 75.6 Å². The maximum absolute atomic E-state index is 13.3. The topological polar surface area (TPSA) is 117 Å². The number of ether oxygens (including phenoxy) is 1. The highest BCUT2D eigenvalue weighted by Gasteiger charge is 2.36. The monoisotopic (exact) mass is 563 g/mol. The van der Waals surface area contributed by atoms with E-state index in [9.17, 15) is 27.9 Å². The third-order valence-electron chi connectivity index (χ3n) is 7.10. The van der Waals surface area contributed by atoms with Crippen LogP contribution in [0.25, 0.3) is 0 Å². The van der Waals surface area contributed by atoms with E-state index in [1.54, 1.807) is 0 Å². The van der Waals surface area contributed by atoms with Crippen molar-refractivity contribution >= 4 is 17.7 Å². The molecule has 1 fully saturated rings. The van der Waals surface area contributed by atoms with Crippen molar-refractivity contribution in [3.8, 4) is 0 Å². The Balaban J connectivity index is 1.30. The number of aliphatic carboxylic acids is 1. The van der Waals surface area contributed by atoms with E-state index < -0.39 is 35.2 Å². The second kappa shape index (κ2) is 13.9. The molecule has 1 aliphatic carbocycles. The fraction of sp³-hybridized carbons (Fsp3) is 0.571. The largest absolute Gasteiger partial charge is 0.480 e. The molecular formula is C28H36F3N5O4. The third kappa shape index (κ3) is 8.88. The van der Waals surface area contributed by atoms with Crippen molar-refractivity contribution in [3.63, 3.8) is 0 Å². The van der Waals surface area contributed by atoms with Crippen molar-refractivity contribution in [2.24, 2.45) is 0 Å². The number of pyridine rings is 2. The van der Waals surface area contributed by atoms with Gasteiger partial charge in [0.25, 0.3) is 5.91 Å². The molecule has 1 atom stereocenters. The zero-order valence-corrected chi connectivity index (χ0v) is 22.4. The van der Waals surface area contributed by atoms with Crippen molar-refractivity contribution in [2.75, 3.05) is 38.1 Å². The first-order valence-electron chi connectivity index (χ1n) is 13.8. The Bertz CT molecular complexity index is 1160. The lowest BCUT2D eigenvalue weighted by atomic mass is 10.1. The van der Waals surface area contributed by atoms with Crippen molar-refractivity contribution in [2.45, 2.75) is 69.7 Å². The number of alkyl halides is 3. The van der Waals surface area contributed by atoms with Gasteiger partial charge in [0.15, 0.2) is 0 Å². The van der Waals surface area contributed by atoms with Gasteiger partial charge in [-0.25, -0.2) is 9.78 Å². The zero-order valence-electron chi connectivity index (χ0n) is 22.4. The highest BCUT2D eigenvalue weighted by Crippen LogP contribution is 2.31. The molecule has 0 saturated heterocycles. The number of halogens is 3. The Morgan fingerprint density at radius 3 is 2.75 bits per heavy atom. The van der Waals surface area contributed by atoms with Crippen molar-refractivity contribution in [1.82, 2.24) is 20.2 Å². The second-order valence-electron chi connectivity index (χ2n) is 10.3. The Morgan fingerprint density at radius 2 is 2.00 bits per heavy atom. The maximum atomic E-state index is 13.3. The van der Waals surface area contributed by atoms with Crippen LogP contribution in [0.4, 0.5) is 19.0 Å². The van der Waals surface area contributed by atoms with Crippen LogP contribution in [0.3, 0.4) is 0 Å². The molecule has 0 bridgehead atoms. The molecular weight excluding hydrogens is 527 g/mol. The lowest BCUT2D eigenvalue weighted by Crippen LogP contribution is -2.44. The predicted molar refractivity (Wildman–Crippen MR) is 142 cm³/mol. The van der Waals surface area contributed by atoms with Gasteiger partial charge >= 0.3 is 12.1 Å². The Hall–Kier alpha value is -3.25. The minimum Gasteiger partial charge on any atom is -0.480 e.